The lowest BCUT2D eigenvalue weighted by atomic mass is 10.2. The van der Waals surface area contributed by atoms with Gasteiger partial charge in [0.1, 0.15) is 0 Å². The second-order valence-electron chi connectivity index (χ2n) is 2.93. The van der Waals surface area contributed by atoms with Gasteiger partial charge in [0, 0.05) is 12.1 Å². The molecule has 0 saturated carbocycles. The highest BCUT2D eigenvalue weighted by molar-refractivity contribution is 5.94. The number of aliphatic hydroxyl groups is 1. The van der Waals surface area contributed by atoms with Crippen LogP contribution in [-0.2, 0) is 0 Å². The standard InChI is InChI=1S/C10H13NO2/c1-8(12)7-11-10(13)9-5-3-2-4-6-9/h2-6,8,12H,7H2,1H3,(H,11,13)/t8-/m1/s1. The molecule has 0 aliphatic heterocycles. The fourth-order valence-corrected chi connectivity index (χ4v) is 0.932. The van der Waals surface area contributed by atoms with Crippen LogP contribution in [-0.4, -0.2) is 23.7 Å². The third-order valence-electron chi connectivity index (χ3n) is 1.59. The molecule has 70 valence electrons. The fraction of sp³-hybridized carbons (Fsp3) is 0.300. The van der Waals surface area contributed by atoms with Gasteiger partial charge < -0.3 is 10.4 Å². The molecule has 0 unspecified atom stereocenters. The van der Waals surface area contributed by atoms with Crippen LogP contribution in [0, 0.1) is 0 Å². The van der Waals surface area contributed by atoms with Gasteiger partial charge in [-0.25, -0.2) is 0 Å². The Morgan fingerprint density at radius 2 is 2.08 bits per heavy atom. The average molecular weight is 179 g/mol. The van der Waals surface area contributed by atoms with Crippen molar-refractivity contribution < 1.29 is 9.90 Å². The first-order valence-electron chi connectivity index (χ1n) is 4.21. The van der Waals surface area contributed by atoms with Crippen molar-refractivity contribution in [1.29, 1.82) is 0 Å². The van der Waals surface area contributed by atoms with Crippen LogP contribution in [0.3, 0.4) is 0 Å². The molecule has 0 saturated heterocycles. The SMILES string of the molecule is C[C@@H](O)CNC(=O)c1ccccc1. The monoisotopic (exact) mass is 179 g/mol. The molecular formula is C10H13NO2. The molecule has 1 aromatic rings. The summed E-state index contributed by atoms with van der Waals surface area (Å²) >= 11 is 0. The number of hydrogen-bond acceptors (Lipinski definition) is 2. The van der Waals surface area contributed by atoms with Crippen molar-refractivity contribution in [2.45, 2.75) is 13.0 Å². The molecule has 3 nitrogen and oxygen atoms in total. The number of carbonyl (C=O) groups is 1. The minimum absolute atomic E-state index is 0.151. The number of amides is 1. The zero-order valence-corrected chi connectivity index (χ0v) is 7.53. The number of nitrogens with one attached hydrogen (secondary N) is 1. The molecule has 13 heavy (non-hydrogen) atoms. The van der Waals surface area contributed by atoms with Gasteiger partial charge in [-0.05, 0) is 19.1 Å². The fourth-order valence-electron chi connectivity index (χ4n) is 0.932. The van der Waals surface area contributed by atoms with Crippen LogP contribution < -0.4 is 5.32 Å². The normalized spacial score (nSPS) is 12.2. The third kappa shape index (κ3) is 3.25. The summed E-state index contributed by atoms with van der Waals surface area (Å²) in [5, 5.41) is 11.5. The smallest absolute Gasteiger partial charge is 0.251 e. The van der Waals surface area contributed by atoms with Gasteiger partial charge in [-0.1, -0.05) is 18.2 Å². The van der Waals surface area contributed by atoms with Crippen LogP contribution in [0.5, 0.6) is 0 Å². The summed E-state index contributed by atoms with van der Waals surface area (Å²) in [6.45, 7) is 1.92. The molecule has 0 radical (unpaired) electrons. The van der Waals surface area contributed by atoms with Crippen molar-refractivity contribution in [3.8, 4) is 0 Å². The molecule has 0 bridgehead atoms. The van der Waals surface area contributed by atoms with Gasteiger partial charge in [-0.3, -0.25) is 4.79 Å². The molecular weight excluding hydrogens is 166 g/mol. The average Bonchev–Trinajstić information content (AvgIpc) is 2.15. The van der Waals surface area contributed by atoms with Gasteiger partial charge >= 0.3 is 0 Å². The topological polar surface area (TPSA) is 49.3 Å². The Kier molecular flexibility index (Phi) is 3.46. The van der Waals surface area contributed by atoms with E-state index in [1.807, 2.05) is 6.07 Å². The second kappa shape index (κ2) is 4.62. The Hall–Kier alpha value is -1.35. The number of benzene rings is 1. The molecule has 0 fully saturated rings. The van der Waals surface area contributed by atoms with E-state index in [0.717, 1.165) is 0 Å². The summed E-state index contributed by atoms with van der Waals surface area (Å²) in [7, 11) is 0. The molecule has 0 aliphatic carbocycles. The minimum atomic E-state index is -0.507. The lowest BCUT2D eigenvalue weighted by Crippen LogP contribution is -2.30. The lowest BCUT2D eigenvalue weighted by Gasteiger charge is -2.06. The van der Waals surface area contributed by atoms with E-state index >= 15 is 0 Å². The molecule has 3 heteroatoms. The highest BCUT2D eigenvalue weighted by Gasteiger charge is 2.04. The molecule has 2 N–H and O–H groups in total. The minimum Gasteiger partial charge on any atom is -0.392 e. The van der Waals surface area contributed by atoms with E-state index in [-0.39, 0.29) is 12.5 Å². The highest BCUT2D eigenvalue weighted by Crippen LogP contribution is 1.97. The summed E-state index contributed by atoms with van der Waals surface area (Å²) in [6.07, 6.45) is -0.507. The molecule has 1 rings (SSSR count). The van der Waals surface area contributed by atoms with E-state index in [2.05, 4.69) is 5.32 Å². The summed E-state index contributed by atoms with van der Waals surface area (Å²) in [6, 6.07) is 8.93. The summed E-state index contributed by atoms with van der Waals surface area (Å²) in [5.74, 6) is -0.151. The van der Waals surface area contributed by atoms with Crippen LogP contribution in [0.2, 0.25) is 0 Å². The number of rotatable bonds is 3. The Balaban J connectivity index is 2.50. The lowest BCUT2D eigenvalue weighted by molar-refractivity contribution is 0.0924. The zero-order valence-electron chi connectivity index (χ0n) is 7.53. The van der Waals surface area contributed by atoms with Gasteiger partial charge in [-0.15, -0.1) is 0 Å². The summed E-state index contributed by atoms with van der Waals surface area (Å²) in [5.41, 5.74) is 0.614. The van der Waals surface area contributed by atoms with E-state index in [0.29, 0.717) is 5.56 Å². The molecule has 0 aromatic heterocycles. The summed E-state index contributed by atoms with van der Waals surface area (Å²) < 4.78 is 0. The summed E-state index contributed by atoms with van der Waals surface area (Å²) in [4.78, 5) is 11.3. The van der Waals surface area contributed by atoms with Crippen molar-refractivity contribution in [3.63, 3.8) is 0 Å². The molecule has 1 amide bonds. The van der Waals surface area contributed by atoms with Crippen LogP contribution in [0.1, 0.15) is 17.3 Å². The van der Waals surface area contributed by atoms with Gasteiger partial charge in [0.25, 0.3) is 5.91 Å². The maximum atomic E-state index is 11.3. The third-order valence-corrected chi connectivity index (χ3v) is 1.59. The van der Waals surface area contributed by atoms with E-state index in [9.17, 15) is 4.79 Å². The van der Waals surface area contributed by atoms with Crippen molar-refractivity contribution in [3.05, 3.63) is 35.9 Å². The van der Waals surface area contributed by atoms with Gasteiger partial charge in [0.05, 0.1) is 6.10 Å². The van der Waals surface area contributed by atoms with Crippen molar-refractivity contribution in [2.24, 2.45) is 0 Å². The Morgan fingerprint density at radius 1 is 1.46 bits per heavy atom. The van der Waals surface area contributed by atoms with Crippen molar-refractivity contribution in [1.82, 2.24) is 5.32 Å². The van der Waals surface area contributed by atoms with Crippen LogP contribution in [0.15, 0.2) is 30.3 Å². The Morgan fingerprint density at radius 3 is 2.62 bits per heavy atom. The van der Waals surface area contributed by atoms with Crippen LogP contribution in [0.25, 0.3) is 0 Å². The largest absolute Gasteiger partial charge is 0.392 e. The predicted molar refractivity (Wildman–Crippen MR) is 50.5 cm³/mol. The molecule has 0 heterocycles. The Labute approximate surface area is 77.4 Å². The zero-order chi connectivity index (χ0) is 9.68. The first kappa shape index (κ1) is 9.74. The van der Waals surface area contributed by atoms with Gasteiger partial charge in [-0.2, -0.15) is 0 Å². The first-order valence-corrected chi connectivity index (χ1v) is 4.21. The molecule has 1 atom stereocenters. The molecule has 1 aromatic carbocycles. The van der Waals surface area contributed by atoms with E-state index in [1.165, 1.54) is 0 Å². The second-order valence-corrected chi connectivity index (χ2v) is 2.93. The maximum Gasteiger partial charge on any atom is 0.251 e. The van der Waals surface area contributed by atoms with E-state index < -0.39 is 6.10 Å². The maximum absolute atomic E-state index is 11.3. The number of carbonyl (C=O) groups excluding carboxylic acids is 1. The molecule has 0 aliphatic rings. The quantitative estimate of drug-likeness (QED) is 0.721. The van der Waals surface area contributed by atoms with Crippen molar-refractivity contribution in [2.75, 3.05) is 6.54 Å². The molecule has 0 spiro atoms. The van der Waals surface area contributed by atoms with Crippen molar-refractivity contribution >= 4 is 5.91 Å². The van der Waals surface area contributed by atoms with Crippen LogP contribution in [0.4, 0.5) is 0 Å². The Bertz CT molecular complexity index is 270. The number of hydrogen-bond donors (Lipinski definition) is 2. The van der Waals surface area contributed by atoms with Gasteiger partial charge in [0.15, 0.2) is 0 Å². The van der Waals surface area contributed by atoms with Gasteiger partial charge in [0.2, 0.25) is 0 Å². The highest BCUT2D eigenvalue weighted by atomic mass is 16.3. The predicted octanol–water partition coefficient (Wildman–Crippen LogP) is 0.797. The number of aliphatic hydroxyl groups excluding tert-OH is 1. The first-order chi connectivity index (χ1) is 6.20. The van der Waals surface area contributed by atoms with E-state index in [4.69, 9.17) is 5.11 Å². The van der Waals surface area contributed by atoms with Crippen LogP contribution >= 0.6 is 0 Å². The van der Waals surface area contributed by atoms with E-state index in [1.54, 1.807) is 31.2 Å².